The fourth-order valence-corrected chi connectivity index (χ4v) is 0.407. The second-order valence-electron chi connectivity index (χ2n) is 2.20. The second-order valence-corrected chi connectivity index (χ2v) is 2.20. The molecular weight excluding hydrogens is 116 g/mol. The van der Waals surface area contributed by atoms with Crippen LogP contribution in [0, 0.1) is 0 Å². The zero-order valence-corrected chi connectivity index (χ0v) is 6.22. The number of nitrogens with zero attached hydrogens (tertiary/aromatic N) is 2. The Morgan fingerprint density at radius 3 is 2.44 bits per heavy atom. The Hall–Kier alpha value is -0.570. The lowest BCUT2D eigenvalue weighted by Crippen LogP contribution is -2.24. The van der Waals surface area contributed by atoms with Crippen LogP contribution in [-0.4, -0.2) is 38.0 Å². The van der Waals surface area contributed by atoms with Crippen LogP contribution in [0.3, 0.4) is 0 Å². The van der Waals surface area contributed by atoms with Gasteiger partial charge in [-0.3, -0.25) is 10.1 Å². The predicted octanol–water partition coefficient (Wildman–Crippen LogP) is -0.301. The van der Waals surface area contributed by atoms with Crippen molar-refractivity contribution in [3.63, 3.8) is 0 Å². The molecule has 3 nitrogen and oxygen atoms in total. The maximum atomic E-state index is 10.2. The lowest BCUT2D eigenvalue weighted by molar-refractivity contribution is -0.119. The number of amides is 1. The second kappa shape index (κ2) is 4.32. The summed E-state index contributed by atoms with van der Waals surface area (Å²) in [5, 5.41) is 3.68. The van der Waals surface area contributed by atoms with Gasteiger partial charge in [0.15, 0.2) is 0 Å². The first-order chi connectivity index (χ1) is 4.13. The molecule has 0 saturated carbocycles. The molecule has 9 heavy (non-hydrogen) atoms. The molecule has 1 amide bonds. The molecule has 0 fully saturated rings. The van der Waals surface area contributed by atoms with E-state index in [-0.39, 0.29) is 5.91 Å². The van der Waals surface area contributed by atoms with Gasteiger partial charge in [0.1, 0.15) is 0 Å². The zero-order chi connectivity index (χ0) is 7.28. The van der Waals surface area contributed by atoms with E-state index in [2.05, 4.69) is 5.32 Å². The lowest BCUT2D eigenvalue weighted by atomic mass is 10.5. The van der Waals surface area contributed by atoms with Crippen LogP contribution in [0.5, 0.6) is 0 Å². The number of carbonyl (C=O) groups is 1. The minimum Gasteiger partial charge on any atom is -0.308 e. The van der Waals surface area contributed by atoms with E-state index in [1.54, 1.807) is 0 Å². The average molecular weight is 129 g/mol. The average Bonchev–Trinajstić information content (AvgIpc) is 1.63. The molecule has 0 heterocycles. The summed E-state index contributed by atoms with van der Waals surface area (Å²) in [7, 11) is 3.91. The molecule has 53 valence electrons. The molecule has 0 N–H and O–H groups in total. The first-order valence-corrected chi connectivity index (χ1v) is 2.95. The van der Waals surface area contributed by atoms with E-state index in [4.69, 9.17) is 0 Å². The van der Waals surface area contributed by atoms with Crippen molar-refractivity contribution in [3.8, 4) is 0 Å². The minimum atomic E-state index is -0.0862. The summed E-state index contributed by atoms with van der Waals surface area (Å²) < 4.78 is 0. The smallest absolute Gasteiger partial charge is 0.238 e. The maximum Gasteiger partial charge on any atom is 0.238 e. The van der Waals surface area contributed by atoms with Crippen LogP contribution < -0.4 is 5.32 Å². The van der Waals surface area contributed by atoms with Gasteiger partial charge in [0.25, 0.3) is 0 Å². The third-order valence-electron chi connectivity index (χ3n) is 0.882. The summed E-state index contributed by atoms with van der Waals surface area (Å²) in [4.78, 5) is 12.2. The van der Waals surface area contributed by atoms with Crippen molar-refractivity contribution in [2.24, 2.45) is 0 Å². The SMILES string of the molecule is CC(=O)[N]CCN(C)C. The number of likely N-dealkylation sites (N-methyl/N-ethyl adjacent to an activating group) is 1. The van der Waals surface area contributed by atoms with E-state index in [1.165, 1.54) is 6.92 Å². The van der Waals surface area contributed by atoms with Crippen LogP contribution in [0.4, 0.5) is 0 Å². The molecule has 0 aliphatic heterocycles. The fourth-order valence-electron chi connectivity index (χ4n) is 0.407. The van der Waals surface area contributed by atoms with E-state index in [9.17, 15) is 4.79 Å². The molecule has 0 aliphatic rings. The van der Waals surface area contributed by atoms with Gasteiger partial charge in [-0.25, -0.2) is 0 Å². The van der Waals surface area contributed by atoms with Crippen LogP contribution >= 0.6 is 0 Å². The van der Waals surface area contributed by atoms with Crippen molar-refractivity contribution in [1.29, 1.82) is 0 Å². The third-order valence-corrected chi connectivity index (χ3v) is 0.882. The van der Waals surface area contributed by atoms with E-state index in [0.717, 1.165) is 6.54 Å². The van der Waals surface area contributed by atoms with Crippen molar-refractivity contribution < 1.29 is 4.79 Å². The first-order valence-electron chi connectivity index (χ1n) is 2.95. The fraction of sp³-hybridized carbons (Fsp3) is 0.833. The summed E-state index contributed by atoms with van der Waals surface area (Å²) in [6, 6.07) is 0. The normalized spacial score (nSPS) is 9.78. The van der Waals surface area contributed by atoms with Crippen molar-refractivity contribution in [3.05, 3.63) is 0 Å². The molecule has 0 aromatic rings. The highest BCUT2D eigenvalue weighted by atomic mass is 16.1. The summed E-state index contributed by atoms with van der Waals surface area (Å²) in [5.74, 6) is -0.0862. The van der Waals surface area contributed by atoms with E-state index < -0.39 is 0 Å². The lowest BCUT2D eigenvalue weighted by Gasteiger charge is -2.06. The quantitative estimate of drug-likeness (QED) is 0.524. The van der Waals surface area contributed by atoms with Crippen molar-refractivity contribution in [2.45, 2.75) is 6.92 Å². The van der Waals surface area contributed by atoms with Gasteiger partial charge in [0.2, 0.25) is 5.91 Å². The highest BCUT2D eigenvalue weighted by Gasteiger charge is 1.92. The van der Waals surface area contributed by atoms with Crippen molar-refractivity contribution in [2.75, 3.05) is 27.2 Å². The van der Waals surface area contributed by atoms with Crippen LogP contribution in [0.2, 0.25) is 0 Å². The van der Waals surface area contributed by atoms with Crippen molar-refractivity contribution >= 4 is 5.91 Å². The number of rotatable bonds is 3. The first kappa shape index (κ1) is 8.43. The highest BCUT2D eigenvalue weighted by molar-refractivity contribution is 5.72. The van der Waals surface area contributed by atoms with Gasteiger partial charge in [0.05, 0.1) is 6.54 Å². The van der Waals surface area contributed by atoms with Crippen LogP contribution in [-0.2, 0) is 4.79 Å². The third kappa shape index (κ3) is 7.43. The summed E-state index contributed by atoms with van der Waals surface area (Å²) in [6.07, 6.45) is 0. The number of hydrogen-bond donors (Lipinski definition) is 0. The molecule has 0 rings (SSSR count). The maximum absolute atomic E-state index is 10.2. The molecule has 0 spiro atoms. The molecule has 3 heteroatoms. The van der Waals surface area contributed by atoms with Gasteiger partial charge in [0, 0.05) is 13.5 Å². The molecule has 0 aliphatic carbocycles. The summed E-state index contributed by atoms with van der Waals surface area (Å²) in [6.45, 7) is 2.93. The molecule has 0 bridgehead atoms. The number of carbonyl (C=O) groups excluding carboxylic acids is 1. The predicted molar refractivity (Wildman–Crippen MR) is 36.2 cm³/mol. The van der Waals surface area contributed by atoms with E-state index >= 15 is 0 Å². The Bertz CT molecular complexity index is 91.1. The molecular formula is C6H13N2O. The van der Waals surface area contributed by atoms with Gasteiger partial charge in [-0.05, 0) is 14.1 Å². The highest BCUT2D eigenvalue weighted by Crippen LogP contribution is 1.71. The molecule has 0 unspecified atom stereocenters. The Kier molecular flexibility index (Phi) is 4.05. The molecule has 0 atom stereocenters. The molecule has 1 radical (unpaired) electrons. The topological polar surface area (TPSA) is 34.4 Å². The monoisotopic (exact) mass is 129 g/mol. The molecule has 0 saturated heterocycles. The van der Waals surface area contributed by atoms with E-state index in [1.807, 2.05) is 19.0 Å². The van der Waals surface area contributed by atoms with E-state index in [0.29, 0.717) is 6.54 Å². The minimum absolute atomic E-state index is 0.0862. The Labute approximate surface area is 56.0 Å². The Morgan fingerprint density at radius 1 is 1.56 bits per heavy atom. The summed E-state index contributed by atoms with van der Waals surface area (Å²) in [5.41, 5.74) is 0. The Morgan fingerprint density at radius 2 is 2.11 bits per heavy atom. The molecule has 0 aromatic carbocycles. The van der Waals surface area contributed by atoms with Gasteiger partial charge in [-0.1, -0.05) is 0 Å². The summed E-state index contributed by atoms with van der Waals surface area (Å²) >= 11 is 0. The molecule has 0 aromatic heterocycles. The van der Waals surface area contributed by atoms with Crippen LogP contribution in [0.25, 0.3) is 0 Å². The van der Waals surface area contributed by atoms with Crippen LogP contribution in [0.1, 0.15) is 6.92 Å². The van der Waals surface area contributed by atoms with Crippen LogP contribution in [0.15, 0.2) is 0 Å². The largest absolute Gasteiger partial charge is 0.308 e. The number of hydrogen-bond acceptors (Lipinski definition) is 2. The zero-order valence-electron chi connectivity index (χ0n) is 6.22. The van der Waals surface area contributed by atoms with Gasteiger partial charge in [-0.2, -0.15) is 0 Å². The standard InChI is InChI=1S/C6H13N2O/c1-6(9)7-4-5-8(2)3/h4-5H2,1-3H3. The Balaban J connectivity index is 3.01. The van der Waals surface area contributed by atoms with Gasteiger partial charge in [-0.15, -0.1) is 0 Å². The van der Waals surface area contributed by atoms with Crippen molar-refractivity contribution in [1.82, 2.24) is 10.2 Å². The van der Waals surface area contributed by atoms with Gasteiger partial charge < -0.3 is 4.90 Å². The van der Waals surface area contributed by atoms with Gasteiger partial charge >= 0.3 is 0 Å².